The van der Waals surface area contributed by atoms with E-state index >= 15 is 0 Å². The molecule has 5 nitrogen and oxygen atoms in total. The highest BCUT2D eigenvalue weighted by molar-refractivity contribution is 5.67. The minimum Gasteiger partial charge on any atom is -0.481 e. The van der Waals surface area contributed by atoms with Gasteiger partial charge in [-0.25, -0.2) is 4.89 Å². The van der Waals surface area contributed by atoms with Crippen LogP contribution in [0.2, 0.25) is 0 Å². The topological polar surface area (TPSA) is 76.0 Å². The van der Waals surface area contributed by atoms with Gasteiger partial charge >= 0.3 is 5.97 Å². The van der Waals surface area contributed by atoms with Gasteiger partial charge < -0.3 is 9.84 Å². The molecule has 0 radical (unpaired) electrons. The lowest BCUT2D eigenvalue weighted by molar-refractivity contribution is -0.292. The van der Waals surface area contributed by atoms with Crippen LogP contribution in [0.5, 0.6) is 0 Å². The van der Waals surface area contributed by atoms with E-state index in [0.29, 0.717) is 11.8 Å². The van der Waals surface area contributed by atoms with Gasteiger partial charge in [0, 0.05) is 6.42 Å². The molecule has 130 valence electrons. The lowest BCUT2D eigenvalue weighted by Gasteiger charge is -2.42. The summed E-state index contributed by atoms with van der Waals surface area (Å²) in [5, 5.41) is 17.9. The van der Waals surface area contributed by atoms with Crippen LogP contribution in [-0.2, 0) is 14.4 Å². The molecule has 3 unspecified atom stereocenters. The molecule has 2 N–H and O–H groups in total. The standard InChI is InChI=1S/C18H28O5/c19-18(20)11-12-3-1-2-4-15(6-12)22-16-7-13-5-14(8-16)10-17(9-13)23-21/h2,4,12-17,21H,1,3,5-11H2,(H,19,20)/t12-,13?,14?,15?,16?,17?/m1/s1. The summed E-state index contributed by atoms with van der Waals surface area (Å²) in [5.41, 5.74) is 0. The number of allylic oxidation sites excluding steroid dienone is 1. The van der Waals surface area contributed by atoms with Gasteiger partial charge in [0.15, 0.2) is 0 Å². The molecular weight excluding hydrogens is 296 g/mol. The molecule has 0 aromatic heterocycles. The van der Waals surface area contributed by atoms with Gasteiger partial charge in [-0.15, -0.1) is 0 Å². The number of carboxylic acid groups (broad SMARTS) is 1. The molecule has 5 heteroatoms. The molecular formula is C18H28O5. The van der Waals surface area contributed by atoms with Crippen molar-refractivity contribution in [3.63, 3.8) is 0 Å². The molecule has 2 bridgehead atoms. The second-order valence-electron chi connectivity index (χ2n) is 7.64. The fourth-order valence-electron chi connectivity index (χ4n) is 4.81. The summed E-state index contributed by atoms with van der Waals surface area (Å²) in [6.45, 7) is 0. The molecule has 0 heterocycles. The van der Waals surface area contributed by atoms with Crippen molar-refractivity contribution in [1.82, 2.24) is 0 Å². The Labute approximate surface area is 137 Å². The van der Waals surface area contributed by atoms with E-state index in [2.05, 4.69) is 17.0 Å². The Morgan fingerprint density at radius 2 is 1.74 bits per heavy atom. The van der Waals surface area contributed by atoms with Crippen LogP contribution in [0.3, 0.4) is 0 Å². The third-order valence-electron chi connectivity index (χ3n) is 5.69. The molecule has 3 aliphatic rings. The van der Waals surface area contributed by atoms with Crippen molar-refractivity contribution in [3.05, 3.63) is 12.2 Å². The fourth-order valence-corrected chi connectivity index (χ4v) is 4.81. The van der Waals surface area contributed by atoms with E-state index in [4.69, 9.17) is 15.1 Å². The summed E-state index contributed by atoms with van der Waals surface area (Å²) in [4.78, 5) is 15.5. The average molecular weight is 324 g/mol. The van der Waals surface area contributed by atoms with Gasteiger partial charge in [0.2, 0.25) is 0 Å². The lowest BCUT2D eigenvalue weighted by Crippen LogP contribution is -2.38. The zero-order valence-corrected chi connectivity index (χ0v) is 13.6. The molecule has 3 aliphatic carbocycles. The van der Waals surface area contributed by atoms with E-state index in [1.54, 1.807) is 0 Å². The summed E-state index contributed by atoms with van der Waals surface area (Å²) in [6, 6.07) is 0. The predicted molar refractivity (Wildman–Crippen MR) is 85.0 cm³/mol. The van der Waals surface area contributed by atoms with Crippen molar-refractivity contribution >= 4 is 5.97 Å². The Balaban J connectivity index is 1.53. The van der Waals surface area contributed by atoms with Crippen molar-refractivity contribution in [2.45, 2.75) is 76.1 Å². The van der Waals surface area contributed by atoms with Crippen LogP contribution in [0, 0.1) is 17.8 Å². The minimum absolute atomic E-state index is 0.00239. The molecule has 0 saturated heterocycles. The first-order chi connectivity index (χ1) is 11.1. The van der Waals surface area contributed by atoms with E-state index < -0.39 is 5.97 Å². The number of ether oxygens (including phenoxy) is 1. The van der Waals surface area contributed by atoms with E-state index in [1.807, 2.05) is 0 Å². The maximum atomic E-state index is 11.0. The van der Waals surface area contributed by atoms with Crippen LogP contribution in [0.25, 0.3) is 0 Å². The van der Waals surface area contributed by atoms with Gasteiger partial charge in [-0.1, -0.05) is 12.2 Å². The van der Waals surface area contributed by atoms with Crippen molar-refractivity contribution in [1.29, 1.82) is 0 Å². The predicted octanol–water partition coefficient (Wildman–Crippen LogP) is 3.64. The minimum atomic E-state index is -0.710. The van der Waals surface area contributed by atoms with Gasteiger partial charge in [-0.3, -0.25) is 10.1 Å². The molecule has 4 atom stereocenters. The van der Waals surface area contributed by atoms with E-state index in [0.717, 1.165) is 44.9 Å². The van der Waals surface area contributed by atoms with Crippen molar-refractivity contribution in [2.75, 3.05) is 0 Å². The monoisotopic (exact) mass is 324 g/mol. The number of rotatable bonds is 5. The van der Waals surface area contributed by atoms with E-state index in [9.17, 15) is 4.79 Å². The van der Waals surface area contributed by atoms with Gasteiger partial charge in [-0.2, -0.15) is 0 Å². The van der Waals surface area contributed by atoms with Gasteiger partial charge in [-0.05, 0) is 69.1 Å². The largest absolute Gasteiger partial charge is 0.481 e. The Morgan fingerprint density at radius 1 is 1.04 bits per heavy atom. The molecule has 3 rings (SSSR count). The highest BCUT2D eigenvalue weighted by Crippen LogP contribution is 2.42. The molecule has 0 aromatic carbocycles. The molecule has 2 saturated carbocycles. The lowest BCUT2D eigenvalue weighted by atomic mass is 9.70. The SMILES string of the molecule is O=C(O)C[C@@H]1CCC=CC(OC2CC3CC(CC(OO)C3)C2)C1. The number of carbonyl (C=O) groups is 1. The summed E-state index contributed by atoms with van der Waals surface area (Å²) >= 11 is 0. The van der Waals surface area contributed by atoms with Crippen molar-refractivity contribution in [2.24, 2.45) is 17.8 Å². The van der Waals surface area contributed by atoms with Crippen LogP contribution < -0.4 is 0 Å². The molecule has 0 spiro atoms. The number of aliphatic carboxylic acids is 1. The second kappa shape index (κ2) is 7.77. The maximum absolute atomic E-state index is 11.0. The number of hydrogen-bond acceptors (Lipinski definition) is 4. The summed E-state index contributed by atoms with van der Waals surface area (Å²) in [7, 11) is 0. The quantitative estimate of drug-likeness (QED) is 0.459. The molecule has 0 aromatic rings. The third-order valence-corrected chi connectivity index (χ3v) is 5.69. The average Bonchev–Trinajstić information content (AvgIpc) is 2.70. The normalized spacial score (nSPS) is 40.6. The maximum Gasteiger partial charge on any atom is 0.303 e. The Morgan fingerprint density at radius 3 is 2.39 bits per heavy atom. The van der Waals surface area contributed by atoms with Crippen LogP contribution in [0.1, 0.15) is 57.8 Å². The Hall–Kier alpha value is -0.910. The molecule has 0 aliphatic heterocycles. The molecule has 2 fully saturated rings. The first-order valence-corrected chi connectivity index (χ1v) is 8.96. The van der Waals surface area contributed by atoms with Crippen LogP contribution >= 0.6 is 0 Å². The fraction of sp³-hybridized carbons (Fsp3) is 0.833. The number of carboxylic acids is 1. The van der Waals surface area contributed by atoms with Crippen molar-refractivity contribution in [3.8, 4) is 0 Å². The third kappa shape index (κ3) is 4.78. The summed E-state index contributed by atoms with van der Waals surface area (Å²) < 4.78 is 6.35. The first-order valence-electron chi connectivity index (χ1n) is 8.96. The van der Waals surface area contributed by atoms with Gasteiger partial charge in [0.1, 0.15) is 0 Å². The zero-order valence-electron chi connectivity index (χ0n) is 13.6. The van der Waals surface area contributed by atoms with Crippen LogP contribution in [0.4, 0.5) is 0 Å². The van der Waals surface area contributed by atoms with Crippen LogP contribution in [0.15, 0.2) is 12.2 Å². The van der Waals surface area contributed by atoms with Gasteiger partial charge in [0.25, 0.3) is 0 Å². The Bertz CT molecular complexity index is 421. The number of fused-ring (bicyclic) bond motifs is 2. The number of hydrogen-bond donors (Lipinski definition) is 2. The summed E-state index contributed by atoms with van der Waals surface area (Å²) in [5.74, 6) is 0.657. The van der Waals surface area contributed by atoms with Gasteiger partial charge in [0.05, 0.1) is 18.3 Å². The molecule has 0 amide bonds. The second-order valence-corrected chi connectivity index (χ2v) is 7.64. The molecule has 23 heavy (non-hydrogen) atoms. The Kier molecular flexibility index (Phi) is 5.72. The van der Waals surface area contributed by atoms with E-state index in [-0.39, 0.29) is 30.7 Å². The smallest absolute Gasteiger partial charge is 0.303 e. The zero-order chi connectivity index (χ0) is 16.2. The van der Waals surface area contributed by atoms with Crippen LogP contribution in [-0.4, -0.2) is 34.6 Å². The van der Waals surface area contributed by atoms with Crippen molar-refractivity contribution < 1.29 is 24.8 Å². The highest BCUT2D eigenvalue weighted by Gasteiger charge is 2.38. The first kappa shape index (κ1) is 16.9. The summed E-state index contributed by atoms with van der Waals surface area (Å²) in [6.07, 6.45) is 12.7. The van der Waals surface area contributed by atoms with E-state index in [1.165, 1.54) is 6.42 Å². The highest BCUT2D eigenvalue weighted by atomic mass is 17.1.